The summed E-state index contributed by atoms with van der Waals surface area (Å²) >= 11 is 0. The van der Waals surface area contributed by atoms with Crippen LogP contribution in [0.4, 0.5) is 0 Å². The number of ether oxygens (including phenoxy) is 1. The second-order valence-corrected chi connectivity index (χ2v) is 3.75. The number of carbonyl (C=O) groups excluding carboxylic acids is 1. The average Bonchev–Trinajstić information content (AvgIpc) is 2.63. The number of rotatable bonds is 5. The second kappa shape index (κ2) is 5.70. The van der Waals surface area contributed by atoms with E-state index in [-0.39, 0.29) is 24.5 Å². The van der Waals surface area contributed by atoms with Crippen LogP contribution in [0.25, 0.3) is 0 Å². The van der Waals surface area contributed by atoms with Gasteiger partial charge in [0.1, 0.15) is 6.61 Å². The van der Waals surface area contributed by atoms with Crippen LogP contribution in [-0.4, -0.2) is 36.2 Å². The summed E-state index contributed by atoms with van der Waals surface area (Å²) in [6, 6.07) is -0.000874. The van der Waals surface area contributed by atoms with Crippen LogP contribution < -0.4 is 5.32 Å². The van der Waals surface area contributed by atoms with E-state index in [1.54, 1.807) is 0 Å². The summed E-state index contributed by atoms with van der Waals surface area (Å²) in [5.74, 6) is -1.23. The van der Waals surface area contributed by atoms with Crippen molar-refractivity contribution in [2.45, 2.75) is 32.2 Å². The highest BCUT2D eigenvalue weighted by atomic mass is 16.5. The van der Waals surface area contributed by atoms with Gasteiger partial charge in [-0.1, -0.05) is 0 Å². The first kappa shape index (κ1) is 12.0. The van der Waals surface area contributed by atoms with E-state index in [0.717, 1.165) is 6.42 Å². The number of carbonyl (C=O) groups is 2. The third-order valence-electron chi connectivity index (χ3n) is 2.58. The van der Waals surface area contributed by atoms with Gasteiger partial charge in [0.2, 0.25) is 5.91 Å². The van der Waals surface area contributed by atoms with Crippen LogP contribution in [-0.2, 0) is 14.3 Å². The second-order valence-electron chi connectivity index (χ2n) is 3.75. The van der Waals surface area contributed by atoms with Crippen molar-refractivity contribution in [3.63, 3.8) is 0 Å². The van der Waals surface area contributed by atoms with Gasteiger partial charge >= 0.3 is 5.97 Å². The zero-order valence-electron chi connectivity index (χ0n) is 8.86. The van der Waals surface area contributed by atoms with Gasteiger partial charge in [-0.2, -0.15) is 0 Å². The first-order valence-electron chi connectivity index (χ1n) is 5.23. The van der Waals surface area contributed by atoms with Crippen molar-refractivity contribution in [3.05, 3.63) is 0 Å². The molecule has 15 heavy (non-hydrogen) atoms. The van der Waals surface area contributed by atoms with Gasteiger partial charge in [0.15, 0.2) is 0 Å². The SMILES string of the molecule is CCOCC(=O)NC1CCC(C(=O)O)C1. The molecule has 1 amide bonds. The first-order valence-corrected chi connectivity index (χ1v) is 5.23. The summed E-state index contributed by atoms with van der Waals surface area (Å²) < 4.78 is 4.95. The van der Waals surface area contributed by atoms with E-state index in [0.29, 0.717) is 19.4 Å². The molecule has 0 bridgehead atoms. The smallest absolute Gasteiger partial charge is 0.306 e. The molecule has 2 N–H and O–H groups in total. The fraction of sp³-hybridized carbons (Fsp3) is 0.800. The van der Waals surface area contributed by atoms with E-state index in [1.165, 1.54) is 0 Å². The Morgan fingerprint density at radius 3 is 2.73 bits per heavy atom. The molecule has 1 aliphatic carbocycles. The highest BCUT2D eigenvalue weighted by molar-refractivity contribution is 5.78. The molecule has 0 aromatic carbocycles. The molecule has 0 spiro atoms. The molecule has 1 rings (SSSR count). The van der Waals surface area contributed by atoms with E-state index in [9.17, 15) is 9.59 Å². The Bertz CT molecular complexity index is 242. The molecular weight excluding hydrogens is 198 g/mol. The van der Waals surface area contributed by atoms with Crippen LogP contribution in [0.2, 0.25) is 0 Å². The minimum absolute atomic E-state index is 0.000874. The lowest BCUT2D eigenvalue weighted by Gasteiger charge is -2.11. The van der Waals surface area contributed by atoms with Gasteiger partial charge in [0.25, 0.3) is 0 Å². The summed E-state index contributed by atoms with van der Waals surface area (Å²) in [4.78, 5) is 21.9. The normalized spacial score (nSPS) is 25.1. The van der Waals surface area contributed by atoms with E-state index in [4.69, 9.17) is 9.84 Å². The number of nitrogens with one attached hydrogen (secondary N) is 1. The molecule has 1 aliphatic rings. The molecular formula is C10H17NO4. The summed E-state index contributed by atoms with van der Waals surface area (Å²) in [6.45, 7) is 2.39. The quantitative estimate of drug-likeness (QED) is 0.695. The fourth-order valence-electron chi connectivity index (χ4n) is 1.80. The van der Waals surface area contributed by atoms with Crippen LogP contribution in [0.5, 0.6) is 0 Å². The van der Waals surface area contributed by atoms with Crippen molar-refractivity contribution in [1.29, 1.82) is 0 Å². The minimum atomic E-state index is -0.767. The molecule has 0 aliphatic heterocycles. The van der Waals surface area contributed by atoms with Crippen molar-refractivity contribution in [2.75, 3.05) is 13.2 Å². The van der Waals surface area contributed by atoms with Gasteiger partial charge < -0.3 is 15.2 Å². The van der Waals surface area contributed by atoms with Gasteiger partial charge in [0, 0.05) is 12.6 Å². The zero-order valence-corrected chi connectivity index (χ0v) is 8.86. The predicted octanol–water partition coefficient (Wildman–Crippen LogP) is 0.392. The number of hydrogen-bond donors (Lipinski definition) is 2. The molecule has 5 nitrogen and oxygen atoms in total. The standard InChI is InChI=1S/C10H17NO4/c1-2-15-6-9(12)11-8-4-3-7(5-8)10(13)14/h7-8H,2-6H2,1H3,(H,11,12)(H,13,14). The maximum Gasteiger partial charge on any atom is 0.306 e. The van der Waals surface area contributed by atoms with Gasteiger partial charge in [0.05, 0.1) is 5.92 Å². The first-order chi connectivity index (χ1) is 7.13. The summed E-state index contributed by atoms with van der Waals surface area (Å²) in [7, 11) is 0. The van der Waals surface area contributed by atoms with Crippen molar-refractivity contribution in [3.8, 4) is 0 Å². The van der Waals surface area contributed by atoms with Crippen LogP contribution in [0.3, 0.4) is 0 Å². The van der Waals surface area contributed by atoms with E-state index in [1.807, 2.05) is 6.92 Å². The molecule has 0 aromatic heterocycles. The average molecular weight is 215 g/mol. The zero-order chi connectivity index (χ0) is 11.3. The molecule has 0 aromatic rings. The van der Waals surface area contributed by atoms with Gasteiger partial charge in [-0.05, 0) is 26.2 Å². The predicted molar refractivity (Wildman–Crippen MR) is 53.4 cm³/mol. The molecule has 2 unspecified atom stereocenters. The largest absolute Gasteiger partial charge is 0.481 e. The lowest BCUT2D eigenvalue weighted by molar-refractivity contribution is -0.141. The van der Waals surface area contributed by atoms with Crippen LogP contribution in [0.15, 0.2) is 0 Å². The van der Waals surface area contributed by atoms with Crippen molar-refractivity contribution < 1.29 is 19.4 Å². The lowest BCUT2D eigenvalue weighted by atomic mass is 10.1. The van der Waals surface area contributed by atoms with Crippen molar-refractivity contribution in [2.24, 2.45) is 5.92 Å². The van der Waals surface area contributed by atoms with E-state index >= 15 is 0 Å². The maximum atomic E-state index is 11.3. The van der Waals surface area contributed by atoms with Crippen LogP contribution >= 0.6 is 0 Å². The Morgan fingerprint density at radius 1 is 1.47 bits per heavy atom. The third kappa shape index (κ3) is 3.87. The van der Waals surface area contributed by atoms with Crippen LogP contribution in [0.1, 0.15) is 26.2 Å². The Morgan fingerprint density at radius 2 is 2.20 bits per heavy atom. The molecule has 1 saturated carbocycles. The number of carboxylic acids is 1. The van der Waals surface area contributed by atoms with E-state index < -0.39 is 5.97 Å². The van der Waals surface area contributed by atoms with Crippen LogP contribution in [0, 0.1) is 5.92 Å². The van der Waals surface area contributed by atoms with Gasteiger partial charge in [-0.25, -0.2) is 0 Å². The fourth-order valence-corrected chi connectivity index (χ4v) is 1.80. The molecule has 1 fully saturated rings. The summed E-state index contributed by atoms with van der Waals surface area (Å²) in [5.41, 5.74) is 0. The van der Waals surface area contributed by atoms with E-state index in [2.05, 4.69) is 5.32 Å². The molecule has 0 radical (unpaired) electrons. The molecule has 86 valence electrons. The number of carboxylic acid groups (broad SMARTS) is 1. The third-order valence-corrected chi connectivity index (χ3v) is 2.58. The number of aliphatic carboxylic acids is 1. The van der Waals surface area contributed by atoms with Gasteiger partial charge in [-0.3, -0.25) is 9.59 Å². The summed E-state index contributed by atoms with van der Waals surface area (Å²) in [5, 5.41) is 11.5. The molecule has 5 heteroatoms. The number of hydrogen-bond acceptors (Lipinski definition) is 3. The Kier molecular flexibility index (Phi) is 4.55. The minimum Gasteiger partial charge on any atom is -0.481 e. The maximum absolute atomic E-state index is 11.3. The topological polar surface area (TPSA) is 75.6 Å². The Labute approximate surface area is 88.8 Å². The Hall–Kier alpha value is -1.10. The Balaban J connectivity index is 2.23. The number of amides is 1. The highest BCUT2D eigenvalue weighted by Gasteiger charge is 2.30. The monoisotopic (exact) mass is 215 g/mol. The molecule has 2 atom stereocenters. The molecule has 0 heterocycles. The van der Waals surface area contributed by atoms with Crippen molar-refractivity contribution in [1.82, 2.24) is 5.32 Å². The highest BCUT2D eigenvalue weighted by Crippen LogP contribution is 2.25. The molecule has 0 saturated heterocycles. The van der Waals surface area contributed by atoms with Gasteiger partial charge in [-0.15, -0.1) is 0 Å². The lowest BCUT2D eigenvalue weighted by Crippen LogP contribution is -2.35. The summed E-state index contributed by atoms with van der Waals surface area (Å²) in [6.07, 6.45) is 1.93. The van der Waals surface area contributed by atoms with Crippen molar-refractivity contribution >= 4 is 11.9 Å².